The van der Waals surface area contributed by atoms with Crippen LogP contribution in [0.2, 0.25) is 0 Å². The monoisotopic (exact) mass is 261 g/mol. The summed E-state index contributed by atoms with van der Waals surface area (Å²) in [5.74, 6) is -0.632. The number of nitrogens with one attached hydrogen (secondary N) is 1. The van der Waals surface area contributed by atoms with Crippen molar-refractivity contribution in [3.63, 3.8) is 0 Å². The fraction of sp³-hybridized carbons (Fsp3) is 0.562. The zero-order valence-corrected chi connectivity index (χ0v) is 12.2. The minimum Gasteiger partial charge on any atom is -0.479 e. The van der Waals surface area contributed by atoms with Gasteiger partial charge in [0, 0.05) is 5.69 Å². The number of aliphatic carboxylic acids is 1. The van der Waals surface area contributed by atoms with E-state index < -0.39 is 11.5 Å². The van der Waals surface area contributed by atoms with Gasteiger partial charge in [-0.05, 0) is 48.8 Å². The predicted octanol–water partition coefficient (Wildman–Crippen LogP) is 3.69. The van der Waals surface area contributed by atoms with Gasteiger partial charge in [-0.2, -0.15) is 0 Å². The van der Waals surface area contributed by atoms with Crippen LogP contribution in [0.5, 0.6) is 0 Å². The highest BCUT2D eigenvalue weighted by Crippen LogP contribution is 2.49. The van der Waals surface area contributed by atoms with E-state index in [0.717, 1.165) is 17.7 Å². The van der Waals surface area contributed by atoms with E-state index in [9.17, 15) is 9.90 Å². The van der Waals surface area contributed by atoms with Crippen molar-refractivity contribution in [2.45, 2.75) is 46.1 Å². The third-order valence-corrected chi connectivity index (χ3v) is 4.22. The molecule has 104 valence electrons. The van der Waals surface area contributed by atoms with Crippen molar-refractivity contribution in [2.75, 3.05) is 5.32 Å². The Bertz CT molecular complexity index is 495. The molecular weight excluding hydrogens is 238 g/mol. The molecule has 0 aromatic heterocycles. The molecule has 0 amide bonds. The van der Waals surface area contributed by atoms with Crippen LogP contribution in [0.25, 0.3) is 0 Å². The van der Waals surface area contributed by atoms with Gasteiger partial charge in [-0.3, -0.25) is 0 Å². The molecule has 1 aromatic carbocycles. The SMILES string of the molecule is Cc1cccc(NC2(C(=O)O)CC(C)(C)CC2C)c1. The maximum absolute atomic E-state index is 11.8. The molecule has 1 aliphatic rings. The maximum Gasteiger partial charge on any atom is 0.329 e. The van der Waals surface area contributed by atoms with Gasteiger partial charge in [0.2, 0.25) is 0 Å². The Morgan fingerprint density at radius 2 is 2.11 bits per heavy atom. The van der Waals surface area contributed by atoms with Crippen LogP contribution in [0.4, 0.5) is 5.69 Å². The molecular formula is C16H23NO2. The summed E-state index contributed by atoms with van der Waals surface area (Å²) < 4.78 is 0. The maximum atomic E-state index is 11.8. The number of aryl methyl sites for hydroxylation is 1. The Kier molecular flexibility index (Phi) is 3.33. The van der Waals surface area contributed by atoms with Gasteiger partial charge in [0.25, 0.3) is 0 Å². The quantitative estimate of drug-likeness (QED) is 0.872. The second kappa shape index (κ2) is 4.55. The highest BCUT2D eigenvalue weighted by atomic mass is 16.4. The number of hydrogen-bond donors (Lipinski definition) is 2. The minimum atomic E-state index is -0.850. The number of benzene rings is 1. The Balaban J connectivity index is 2.34. The van der Waals surface area contributed by atoms with Crippen LogP contribution >= 0.6 is 0 Å². The molecule has 3 heteroatoms. The molecule has 1 fully saturated rings. The van der Waals surface area contributed by atoms with E-state index in [2.05, 4.69) is 19.2 Å². The number of carboxylic acid groups (broad SMARTS) is 1. The minimum absolute atomic E-state index is 0.0641. The third kappa shape index (κ3) is 2.60. The topological polar surface area (TPSA) is 49.3 Å². The van der Waals surface area contributed by atoms with Crippen molar-refractivity contribution >= 4 is 11.7 Å². The zero-order chi connectivity index (χ0) is 14.3. The zero-order valence-electron chi connectivity index (χ0n) is 12.2. The standard InChI is InChI=1S/C16H23NO2/c1-11-6-5-7-13(8-11)17-16(14(18)19)10-15(3,4)9-12(16)2/h5-8,12,17H,9-10H2,1-4H3,(H,18,19). The van der Waals surface area contributed by atoms with Crippen molar-refractivity contribution in [3.8, 4) is 0 Å². The Morgan fingerprint density at radius 1 is 1.42 bits per heavy atom. The van der Waals surface area contributed by atoms with Crippen LogP contribution in [0.15, 0.2) is 24.3 Å². The van der Waals surface area contributed by atoms with Gasteiger partial charge >= 0.3 is 5.97 Å². The van der Waals surface area contributed by atoms with Gasteiger partial charge in [0.1, 0.15) is 5.54 Å². The second-order valence-corrected chi connectivity index (χ2v) is 6.72. The van der Waals surface area contributed by atoms with Gasteiger partial charge in [-0.25, -0.2) is 4.79 Å². The molecule has 0 radical (unpaired) electrons. The predicted molar refractivity (Wildman–Crippen MR) is 77.3 cm³/mol. The Labute approximate surface area is 115 Å². The summed E-state index contributed by atoms with van der Waals surface area (Å²) in [4.78, 5) is 11.8. The average molecular weight is 261 g/mol. The van der Waals surface area contributed by atoms with E-state index in [1.807, 2.05) is 38.1 Å². The van der Waals surface area contributed by atoms with Gasteiger partial charge in [-0.1, -0.05) is 32.9 Å². The first-order valence-electron chi connectivity index (χ1n) is 6.83. The molecule has 0 saturated heterocycles. The first-order valence-corrected chi connectivity index (χ1v) is 6.83. The van der Waals surface area contributed by atoms with Crippen molar-refractivity contribution in [1.29, 1.82) is 0 Å². The lowest BCUT2D eigenvalue weighted by atomic mass is 9.86. The van der Waals surface area contributed by atoms with Crippen LogP contribution in [0.1, 0.15) is 39.2 Å². The van der Waals surface area contributed by atoms with E-state index in [4.69, 9.17) is 0 Å². The van der Waals surface area contributed by atoms with Gasteiger partial charge in [-0.15, -0.1) is 0 Å². The number of anilines is 1. The molecule has 2 atom stereocenters. The molecule has 2 N–H and O–H groups in total. The van der Waals surface area contributed by atoms with E-state index in [1.54, 1.807) is 0 Å². The molecule has 1 aliphatic carbocycles. The van der Waals surface area contributed by atoms with Crippen LogP contribution in [0.3, 0.4) is 0 Å². The first kappa shape index (κ1) is 13.9. The fourth-order valence-corrected chi connectivity index (χ4v) is 3.49. The summed E-state index contributed by atoms with van der Waals surface area (Å²) in [6.45, 7) is 8.34. The summed E-state index contributed by atoms with van der Waals surface area (Å²) in [5.41, 5.74) is 1.24. The summed E-state index contributed by atoms with van der Waals surface area (Å²) >= 11 is 0. The third-order valence-electron chi connectivity index (χ3n) is 4.22. The number of carboxylic acids is 1. The molecule has 1 aromatic rings. The molecule has 0 aliphatic heterocycles. The molecule has 0 bridgehead atoms. The molecule has 19 heavy (non-hydrogen) atoms. The molecule has 2 rings (SSSR count). The summed E-state index contributed by atoms with van der Waals surface area (Å²) in [7, 11) is 0. The van der Waals surface area contributed by atoms with Crippen molar-refractivity contribution in [2.24, 2.45) is 11.3 Å². The average Bonchev–Trinajstić information content (AvgIpc) is 2.49. The second-order valence-electron chi connectivity index (χ2n) is 6.72. The normalized spacial score (nSPS) is 29.2. The highest BCUT2D eigenvalue weighted by molar-refractivity contribution is 5.84. The smallest absolute Gasteiger partial charge is 0.329 e. The van der Waals surface area contributed by atoms with Crippen LogP contribution in [-0.2, 0) is 4.79 Å². The van der Waals surface area contributed by atoms with E-state index in [0.29, 0.717) is 6.42 Å². The van der Waals surface area contributed by atoms with Crippen molar-refractivity contribution in [1.82, 2.24) is 0 Å². The fourth-order valence-electron chi connectivity index (χ4n) is 3.49. The van der Waals surface area contributed by atoms with Gasteiger partial charge in [0.05, 0.1) is 0 Å². The summed E-state index contributed by atoms with van der Waals surface area (Å²) in [5, 5.41) is 13.0. The summed E-state index contributed by atoms with van der Waals surface area (Å²) in [6.07, 6.45) is 1.59. The van der Waals surface area contributed by atoms with Crippen molar-refractivity contribution < 1.29 is 9.90 Å². The lowest BCUT2D eigenvalue weighted by Gasteiger charge is -2.32. The highest BCUT2D eigenvalue weighted by Gasteiger charge is 2.53. The molecule has 0 spiro atoms. The Hall–Kier alpha value is -1.51. The summed E-state index contributed by atoms with van der Waals surface area (Å²) in [6, 6.07) is 7.91. The van der Waals surface area contributed by atoms with Gasteiger partial charge < -0.3 is 10.4 Å². The lowest BCUT2D eigenvalue weighted by Crippen LogP contribution is -2.49. The first-order chi connectivity index (χ1) is 8.75. The number of hydrogen-bond acceptors (Lipinski definition) is 2. The van der Waals surface area contributed by atoms with Crippen LogP contribution < -0.4 is 5.32 Å². The number of carbonyl (C=O) groups is 1. The lowest BCUT2D eigenvalue weighted by molar-refractivity contribution is -0.143. The van der Waals surface area contributed by atoms with Gasteiger partial charge in [0.15, 0.2) is 0 Å². The van der Waals surface area contributed by atoms with E-state index >= 15 is 0 Å². The number of rotatable bonds is 3. The molecule has 0 heterocycles. The van der Waals surface area contributed by atoms with Crippen molar-refractivity contribution in [3.05, 3.63) is 29.8 Å². The molecule has 3 nitrogen and oxygen atoms in total. The van der Waals surface area contributed by atoms with E-state index in [-0.39, 0.29) is 11.3 Å². The van der Waals surface area contributed by atoms with Crippen LogP contribution in [-0.4, -0.2) is 16.6 Å². The van der Waals surface area contributed by atoms with E-state index in [1.165, 1.54) is 0 Å². The Morgan fingerprint density at radius 3 is 2.58 bits per heavy atom. The molecule has 2 unspecified atom stereocenters. The largest absolute Gasteiger partial charge is 0.479 e. The molecule has 1 saturated carbocycles. The van der Waals surface area contributed by atoms with Crippen LogP contribution in [0, 0.1) is 18.3 Å².